The monoisotopic (exact) mass is 322 g/mol. The van der Waals surface area contributed by atoms with E-state index in [0.717, 1.165) is 16.5 Å². The highest BCUT2D eigenvalue weighted by molar-refractivity contribution is 6.00. The average molecular weight is 322 g/mol. The molecule has 0 aliphatic rings. The summed E-state index contributed by atoms with van der Waals surface area (Å²) in [6.07, 6.45) is 3.41. The number of hydrogen-bond acceptors (Lipinski definition) is 4. The molecule has 0 atom stereocenters. The van der Waals surface area contributed by atoms with E-state index in [1.165, 1.54) is 12.1 Å². The Kier molecular flexibility index (Phi) is 4.07. The summed E-state index contributed by atoms with van der Waals surface area (Å²) >= 11 is 0. The van der Waals surface area contributed by atoms with Crippen LogP contribution in [0.15, 0.2) is 59.7 Å². The van der Waals surface area contributed by atoms with Crippen LogP contribution in [0.3, 0.4) is 0 Å². The van der Waals surface area contributed by atoms with Crippen LogP contribution in [0, 0.1) is 10.1 Å². The molecule has 3 rings (SSSR count). The first-order chi connectivity index (χ1) is 11.5. The molecule has 0 aliphatic carbocycles. The van der Waals surface area contributed by atoms with Gasteiger partial charge in [0, 0.05) is 41.0 Å². The Morgan fingerprint density at radius 2 is 2.04 bits per heavy atom. The first kappa shape index (κ1) is 15.4. The number of rotatable bonds is 5. The molecule has 3 aromatic rings. The minimum Gasteiger partial charge on any atom is -0.368 e. The third-order valence-electron chi connectivity index (χ3n) is 3.54. The molecule has 0 fully saturated rings. The Bertz CT molecular complexity index is 959. The molecule has 1 aromatic heterocycles. The molecule has 2 aromatic carbocycles. The van der Waals surface area contributed by atoms with Crippen LogP contribution >= 0.6 is 0 Å². The number of carbonyl (C=O) groups is 1. The number of benzene rings is 2. The number of nitrogens with zero attached hydrogens (tertiary/aromatic N) is 3. The molecule has 0 saturated heterocycles. The van der Waals surface area contributed by atoms with E-state index in [1.807, 2.05) is 24.3 Å². The van der Waals surface area contributed by atoms with Crippen molar-refractivity contribution in [2.75, 3.05) is 0 Å². The summed E-state index contributed by atoms with van der Waals surface area (Å²) < 4.78 is 1.76. The van der Waals surface area contributed by atoms with Crippen LogP contribution < -0.4 is 5.73 Å². The lowest BCUT2D eigenvalue weighted by atomic mass is 10.2. The van der Waals surface area contributed by atoms with Gasteiger partial charge in [-0.25, -0.2) is 0 Å². The van der Waals surface area contributed by atoms with E-state index in [4.69, 9.17) is 5.73 Å². The predicted octanol–water partition coefficient (Wildman–Crippen LogP) is 2.79. The maximum absolute atomic E-state index is 11.2. The van der Waals surface area contributed by atoms with Crippen molar-refractivity contribution in [3.05, 3.63) is 70.4 Å². The van der Waals surface area contributed by atoms with Gasteiger partial charge >= 0.3 is 0 Å². The fraction of sp³-hybridized carbons (Fsp3) is 0.0588. The molecule has 7 nitrogen and oxygen atoms in total. The molecule has 24 heavy (non-hydrogen) atoms. The lowest BCUT2D eigenvalue weighted by Crippen LogP contribution is -2.17. The second kappa shape index (κ2) is 6.33. The van der Waals surface area contributed by atoms with Gasteiger partial charge in [-0.3, -0.25) is 19.9 Å². The number of aliphatic imine (C=N–C) groups is 1. The normalized spacial score (nSPS) is 11.2. The van der Waals surface area contributed by atoms with Crippen molar-refractivity contribution in [3.63, 3.8) is 0 Å². The van der Waals surface area contributed by atoms with Gasteiger partial charge in [-0.2, -0.15) is 0 Å². The van der Waals surface area contributed by atoms with Gasteiger partial charge in [0.2, 0.25) is 5.91 Å². The standard InChI is InChI=1S/C17H14N4O3/c18-17(22)11-20-10-12(15-6-1-2-7-16(15)20)9-19-13-4-3-5-14(8-13)21(23)24/h1-10H,11H2,(H2,18,22). The fourth-order valence-electron chi connectivity index (χ4n) is 2.51. The molecule has 0 spiro atoms. The third-order valence-corrected chi connectivity index (χ3v) is 3.54. The Balaban J connectivity index is 1.99. The Labute approximate surface area is 137 Å². The van der Waals surface area contributed by atoms with Gasteiger partial charge in [-0.05, 0) is 12.1 Å². The summed E-state index contributed by atoms with van der Waals surface area (Å²) in [4.78, 5) is 25.9. The van der Waals surface area contributed by atoms with Crippen LogP contribution in [-0.4, -0.2) is 21.6 Å². The number of aromatic nitrogens is 1. The SMILES string of the molecule is NC(=O)Cn1cc(C=Nc2cccc([N+](=O)[O-])c2)c2ccccc21. The number of non-ortho nitro benzene ring substituents is 1. The van der Waals surface area contributed by atoms with Gasteiger partial charge in [-0.15, -0.1) is 0 Å². The van der Waals surface area contributed by atoms with Crippen molar-refractivity contribution >= 4 is 34.4 Å². The number of para-hydroxylation sites is 1. The molecule has 120 valence electrons. The Morgan fingerprint density at radius 1 is 1.25 bits per heavy atom. The quantitative estimate of drug-likeness (QED) is 0.443. The van der Waals surface area contributed by atoms with Crippen molar-refractivity contribution in [2.45, 2.75) is 6.54 Å². The maximum atomic E-state index is 11.2. The number of fused-ring (bicyclic) bond motifs is 1. The lowest BCUT2D eigenvalue weighted by molar-refractivity contribution is -0.384. The number of nitro benzene ring substituents is 1. The summed E-state index contributed by atoms with van der Waals surface area (Å²) in [5.41, 5.74) is 7.42. The first-order valence-corrected chi connectivity index (χ1v) is 7.19. The smallest absolute Gasteiger partial charge is 0.271 e. The van der Waals surface area contributed by atoms with Gasteiger partial charge in [0.1, 0.15) is 6.54 Å². The molecule has 0 aliphatic heterocycles. The minimum absolute atomic E-state index is 0.0131. The summed E-state index contributed by atoms with van der Waals surface area (Å²) in [5.74, 6) is -0.432. The van der Waals surface area contributed by atoms with Gasteiger partial charge in [0.25, 0.3) is 5.69 Å². The summed E-state index contributed by atoms with van der Waals surface area (Å²) in [6, 6.07) is 13.7. The summed E-state index contributed by atoms with van der Waals surface area (Å²) in [6.45, 7) is 0.0746. The molecule has 7 heteroatoms. The van der Waals surface area contributed by atoms with E-state index in [9.17, 15) is 14.9 Å². The molecule has 2 N–H and O–H groups in total. The van der Waals surface area contributed by atoms with Crippen molar-refractivity contribution in [2.24, 2.45) is 10.7 Å². The van der Waals surface area contributed by atoms with Gasteiger partial charge in [0.15, 0.2) is 0 Å². The second-order valence-electron chi connectivity index (χ2n) is 5.23. The van der Waals surface area contributed by atoms with Crippen LogP contribution in [0.2, 0.25) is 0 Å². The molecule has 0 bridgehead atoms. The highest BCUT2D eigenvalue weighted by Crippen LogP contribution is 2.22. The van der Waals surface area contributed by atoms with Crippen molar-refractivity contribution in [3.8, 4) is 0 Å². The van der Waals surface area contributed by atoms with Crippen molar-refractivity contribution < 1.29 is 9.72 Å². The van der Waals surface area contributed by atoms with E-state index < -0.39 is 10.8 Å². The molecule has 0 saturated carbocycles. The summed E-state index contributed by atoms with van der Waals surface area (Å²) in [5, 5.41) is 11.7. The Morgan fingerprint density at radius 3 is 2.79 bits per heavy atom. The minimum atomic E-state index is -0.461. The number of carbonyl (C=O) groups excluding carboxylic acids is 1. The predicted molar refractivity (Wildman–Crippen MR) is 91.5 cm³/mol. The number of hydrogen-bond donors (Lipinski definition) is 1. The number of nitrogens with two attached hydrogens (primary N) is 1. The van der Waals surface area contributed by atoms with E-state index in [1.54, 1.807) is 29.1 Å². The third kappa shape index (κ3) is 3.14. The van der Waals surface area contributed by atoms with Gasteiger partial charge in [-0.1, -0.05) is 24.3 Å². The van der Waals surface area contributed by atoms with Crippen LogP contribution in [0.1, 0.15) is 5.56 Å². The van der Waals surface area contributed by atoms with E-state index in [0.29, 0.717) is 5.69 Å². The van der Waals surface area contributed by atoms with E-state index >= 15 is 0 Å². The largest absolute Gasteiger partial charge is 0.368 e. The molecular weight excluding hydrogens is 308 g/mol. The van der Waals surface area contributed by atoms with Crippen LogP contribution in [0.4, 0.5) is 11.4 Å². The highest BCUT2D eigenvalue weighted by Gasteiger charge is 2.09. The molecular formula is C17H14N4O3. The van der Waals surface area contributed by atoms with Gasteiger partial charge in [0.05, 0.1) is 10.6 Å². The number of primary amides is 1. The first-order valence-electron chi connectivity index (χ1n) is 7.19. The van der Waals surface area contributed by atoms with Crippen molar-refractivity contribution in [1.82, 2.24) is 4.57 Å². The zero-order valence-corrected chi connectivity index (χ0v) is 12.6. The topological polar surface area (TPSA) is 104 Å². The van der Waals surface area contributed by atoms with Crippen LogP contribution in [0.5, 0.6) is 0 Å². The van der Waals surface area contributed by atoms with Gasteiger partial charge < -0.3 is 10.3 Å². The number of nitro groups is 1. The average Bonchev–Trinajstić information content (AvgIpc) is 2.91. The van der Waals surface area contributed by atoms with E-state index in [-0.39, 0.29) is 12.2 Å². The van der Waals surface area contributed by atoms with Crippen molar-refractivity contribution in [1.29, 1.82) is 0 Å². The molecule has 1 amide bonds. The zero-order valence-electron chi connectivity index (χ0n) is 12.6. The maximum Gasteiger partial charge on any atom is 0.271 e. The highest BCUT2D eigenvalue weighted by atomic mass is 16.6. The second-order valence-corrected chi connectivity index (χ2v) is 5.23. The zero-order chi connectivity index (χ0) is 17.1. The number of amides is 1. The van der Waals surface area contributed by atoms with Crippen LogP contribution in [0.25, 0.3) is 10.9 Å². The van der Waals surface area contributed by atoms with Crippen LogP contribution in [-0.2, 0) is 11.3 Å². The lowest BCUT2D eigenvalue weighted by Gasteiger charge is -2.00. The molecule has 0 unspecified atom stereocenters. The summed E-state index contributed by atoms with van der Waals surface area (Å²) in [7, 11) is 0. The molecule has 1 heterocycles. The van der Waals surface area contributed by atoms with E-state index in [2.05, 4.69) is 4.99 Å². The molecule has 0 radical (unpaired) electrons. The fourth-order valence-corrected chi connectivity index (χ4v) is 2.51. The Hall–Kier alpha value is -3.48.